The van der Waals surface area contributed by atoms with E-state index in [-0.39, 0.29) is 5.78 Å². The molecule has 1 N–H and O–H groups in total. The van der Waals surface area contributed by atoms with Crippen LogP contribution in [0.2, 0.25) is 0 Å². The highest BCUT2D eigenvalue weighted by Gasteiger charge is 2.30. The molecule has 1 aromatic heterocycles. The third-order valence-electron chi connectivity index (χ3n) is 5.42. The topological polar surface area (TPSA) is 58.1 Å². The number of hydrogen-bond donors (Lipinski definition) is 1. The van der Waals surface area contributed by atoms with Crippen molar-refractivity contribution in [2.75, 3.05) is 16.8 Å². The third-order valence-corrected chi connectivity index (χ3v) is 5.42. The summed E-state index contributed by atoms with van der Waals surface area (Å²) in [7, 11) is 0. The zero-order valence-corrected chi connectivity index (χ0v) is 15.5. The van der Waals surface area contributed by atoms with Gasteiger partial charge in [-0.05, 0) is 50.7 Å². The standard InChI is InChI=1S/C21H26N4O/c1-14-12-17-19(18(26)13-14)20(22-16-9-4-3-5-10-16)24-21(23-17)25-11-7-6-8-15(25)2/h3-5,9-10,14-15H,6-8,11-13H2,1-2H3,(H,22,23,24). The lowest BCUT2D eigenvalue weighted by atomic mass is 9.87. The van der Waals surface area contributed by atoms with Crippen molar-refractivity contribution in [2.45, 2.75) is 52.0 Å². The van der Waals surface area contributed by atoms with E-state index in [1.165, 1.54) is 12.8 Å². The van der Waals surface area contributed by atoms with Gasteiger partial charge in [-0.15, -0.1) is 0 Å². The smallest absolute Gasteiger partial charge is 0.227 e. The molecule has 5 heteroatoms. The van der Waals surface area contributed by atoms with Gasteiger partial charge in [-0.1, -0.05) is 25.1 Å². The number of rotatable bonds is 3. The first-order chi connectivity index (χ1) is 12.6. The van der Waals surface area contributed by atoms with Crippen LogP contribution in [0.25, 0.3) is 0 Å². The Bertz CT molecular complexity index is 805. The van der Waals surface area contributed by atoms with Crippen LogP contribution < -0.4 is 10.2 Å². The summed E-state index contributed by atoms with van der Waals surface area (Å²) in [4.78, 5) is 24.7. The van der Waals surface area contributed by atoms with Crippen molar-refractivity contribution in [2.24, 2.45) is 5.92 Å². The zero-order valence-electron chi connectivity index (χ0n) is 15.5. The minimum absolute atomic E-state index is 0.149. The molecule has 5 nitrogen and oxygen atoms in total. The summed E-state index contributed by atoms with van der Waals surface area (Å²) in [6, 6.07) is 10.4. The van der Waals surface area contributed by atoms with Gasteiger partial charge in [-0.3, -0.25) is 4.79 Å². The van der Waals surface area contributed by atoms with E-state index in [0.29, 0.717) is 29.8 Å². The molecule has 0 saturated carbocycles. The van der Waals surface area contributed by atoms with Gasteiger partial charge in [0, 0.05) is 24.7 Å². The highest BCUT2D eigenvalue weighted by molar-refractivity contribution is 6.03. The van der Waals surface area contributed by atoms with Crippen LogP contribution in [0, 0.1) is 5.92 Å². The Labute approximate surface area is 154 Å². The van der Waals surface area contributed by atoms with Crippen molar-refractivity contribution >= 4 is 23.2 Å². The zero-order chi connectivity index (χ0) is 18.1. The predicted octanol–water partition coefficient (Wildman–Crippen LogP) is 4.36. The maximum absolute atomic E-state index is 12.7. The number of ketones is 1. The number of nitrogens with zero attached hydrogens (tertiary/aromatic N) is 3. The Morgan fingerprint density at radius 2 is 1.88 bits per heavy atom. The van der Waals surface area contributed by atoms with Crippen LogP contribution in [0.1, 0.15) is 55.6 Å². The van der Waals surface area contributed by atoms with Gasteiger partial charge >= 0.3 is 0 Å². The average Bonchev–Trinajstić information content (AvgIpc) is 2.62. The first-order valence-corrected chi connectivity index (χ1v) is 9.64. The molecule has 2 aromatic rings. The molecule has 0 amide bonds. The fourth-order valence-electron chi connectivity index (χ4n) is 4.03. The van der Waals surface area contributed by atoms with Gasteiger partial charge in [0.2, 0.25) is 5.95 Å². The lowest BCUT2D eigenvalue weighted by Crippen LogP contribution is -2.39. The number of hydrogen-bond acceptors (Lipinski definition) is 5. The van der Waals surface area contributed by atoms with Crippen LogP contribution in [-0.2, 0) is 6.42 Å². The number of aromatic nitrogens is 2. The molecular formula is C21H26N4O. The second kappa shape index (κ2) is 7.06. The summed E-state index contributed by atoms with van der Waals surface area (Å²) in [6.45, 7) is 5.34. The summed E-state index contributed by atoms with van der Waals surface area (Å²) in [5.74, 6) is 1.90. The van der Waals surface area contributed by atoms with E-state index in [1.807, 2.05) is 30.3 Å². The van der Waals surface area contributed by atoms with E-state index in [0.717, 1.165) is 36.7 Å². The molecule has 2 unspecified atom stereocenters. The number of carbonyl (C=O) groups excluding carboxylic acids is 1. The lowest BCUT2D eigenvalue weighted by molar-refractivity contribution is 0.0952. The molecule has 26 heavy (non-hydrogen) atoms. The Kier molecular flexibility index (Phi) is 4.62. The quantitative estimate of drug-likeness (QED) is 0.891. The first kappa shape index (κ1) is 17.0. The second-order valence-corrected chi connectivity index (χ2v) is 7.66. The molecule has 1 aliphatic carbocycles. The van der Waals surface area contributed by atoms with Gasteiger partial charge in [0.05, 0.1) is 11.3 Å². The fraction of sp³-hybridized carbons (Fsp3) is 0.476. The number of carbonyl (C=O) groups is 1. The van der Waals surface area contributed by atoms with Crippen molar-refractivity contribution in [1.82, 2.24) is 9.97 Å². The van der Waals surface area contributed by atoms with Crippen LogP contribution in [0.15, 0.2) is 30.3 Å². The van der Waals surface area contributed by atoms with Crippen molar-refractivity contribution in [3.63, 3.8) is 0 Å². The molecule has 2 aliphatic rings. The van der Waals surface area contributed by atoms with Crippen LogP contribution in [0.4, 0.5) is 17.5 Å². The monoisotopic (exact) mass is 350 g/mol. The van der Waals surface area contributed by atoms with Gasteiger partial charge in [0.15, 0.2) is 5.78 Å². The number of Topliss-reactive ketones (excluding diaryl/α,β-unsaturated/α-hetero) is 1. The van der Waals surface area contributed by atoms with E-state index in [9.17, 15) is 4.79 Å². The minimum atomic E-state index is 0.149. The number of anilines is 3. The van der Waals surface area contributed by atoms with E-state index in [4.69, 9.17) is 9.97 Å². The molecule has 0 bridgehead atoms. The maximum atomic E-state index is 12.7. The summed E-state index contributed by atoms with van der Waals surface area (Å²) < 4.78 is 0. The Morgan fingerprint density at radius 3 is 2.65 bits per heavy atom. The number of nitrogens with one attached hydrogen (secondary N) is 1. The average molecular weight is 350 g/mol. The van der Waals surface area contributed by atoms with Crippen molar-refractivity contribution in [3.8, 4) is 0 Å². The van der Waals surface area contributed by atoms with Crippen molar-refractivity contribution in [1.29, 1.82) is 0 Å². The summed E-state index contributed by atoms with van der Waals surface area (Å²) in [5, 5.41) is 3.37. The van der Waals surface area contributed by atoms with Crippen LogP contribution in [0.3, 0.4) is 0 Å². The molecule has 1 aliphatic heterocycles. The molecule has 1 fully saturated rings. The van der Waals surface area contributed by atoms with Crippen LogP contribution in [-0.4, -0.2) is 28.3 Å². The summed E-state index contributed by atoms with van der Waals surface area (Å²) in [5.41, 5.74) is 2.52. The SMILES string of the molecule is CC1CC(=O)c2c(nc(N3CCCCC3C)nc2Nc2ccccc2)C1. The molecular weight excluding hydrogens is 324 g/mol. The molecule has 4 rings (SSSR count). The largest absolute Gasteiger partial charge is 0.339 e. The number of para-hydroxylation sites is 1. The normalized spacial score (nSPS) is 22.8. The molecule has 0 spiro atoms. The Hall–Kier alpha value is -2.43. The summed E-state index contributed by atoms with van der Waals surface area (Å²) >= 11 is 0. The highest BCUT2D eigenvalue weighted by Crippen LogP contribution is 2.33. The van der Waals surface area contributed by atoms with Gasteiger partial charge in [-0.2, -0.15) is 4.98 Å². The maximum Gasteiger partial charge on any atom is 0.227 e. The van der Waals surface area contributed by atoms with Gasteiger partial charge in [0.1, 0.15) is 5.82 Å². The second-order valence-electron chi connectivity index (χ2n) is 7.66. The summed E-state index contributed by atoms with van der Waals surface area (Å²) in [6.07, 6.45) is 4.99. The number of benzene rings is 1. The minimum Gasteiger partial charge on any atom is -0.339 e. The third kappa shape index (κ3) is 3.30. The molecule has 136 valence electrons. The van der Waals surface area contributed by atoms with Gasteiger partial charge in [-0.25, -0.2) is 4.98 Å². The molecule has 2 heterocycles. The Morgan fingerprint density at radius 1 is 1.08 bits per heavy atom. The molecule has 1 aromatic carbocycles. The van der Waals surface area contributed by atoms with E-state index in [2.05, 4.69) is 24.1 Å². The number of piperidine rings is 1. The highest BCUT2D eigenvalue weighted by atomic mass is 16.1. The van der Waals surface area contributed by atoms with Crippen LogP contribution >= 0.6 is 0 Å². The van der Waals surface area contributed by atoms with E-state index >= 15 is 0 Å². The number of fused-ring (bicyclic) bond motifs is 1. The van der Waals surface area contributed by atoms with Crippen molar-refractivity contribution in [3.05, 3.63) is 41.6 Å². The van der Waals surface area contributed by atoms with Gasteiger partial charge < -0.3 is 10.2 Å². The van der Waals surface area contributed by atoms with E-state index < -0.39 is 0 Å². The molecule has 0 radical (unpaired) electrons. The molecule has 2 atom stereocenters. The van der Waals surface area contributed by atoms with Crippen molar-refractivity contribution < 1.29 is 4.79 Å². The van der Waals surface area contributed by atoms with E-state index in [1.54, 1.807) is 0 Å². The van der Waals surface area contributed by atoms with Crippen LogP contribution in [0.5, 0.6) is 0 Å². The Balaban J connectivity index is 1.78. The fourth-order valence-corrected chi connectivity index (χ4v) is 4.03. The lowest BCUT2D eigenvalue weighted by Gasteiger charge is -2.34. The molecule has 1 saturated heterocycles. The first-order valence-electron chi connectivity index (χ1n) is 9.64. The predicted molar refractivity (Wildman–Crippen MR) is 104 cm³/mol. The van der Waals surface area contributed by atoms with Gasteiger partial charge in [0.25, 0.3) is 0 Å².